The summed E-state index contributed by atoms with van der Waals surface area (Å²) in [5.74, 6) is 1.21. The number of rotatable bonds is 1. The molecule has 4 rings (SSSR count). The fourth-order valence-electron chi connectivity index (χ4n) is 2.88. The highest BCUT2D eigenvalue weighted by atomic mass is 35.5. The molecule has 22 heavy (non-hydrogen) atoms. The highest BCUT2D eigenvalue weighted by Crippen LogP contribution is 2.45. The molecule has 0 aliphatic carbocycles. The number of carbonyl (C=O) groups excluding carboxylic acids is 1. The number of anilines is 1. The first-order valence-corrected chi connectivity index (χ1v) is 7.56. The van der Waals surface area contributed by atoms with Gasteiger partial charge in [-0.1, -0.05) is 29.3 Å². The summed E-state index contributed by atoms with van der Waals surface area (Å²) in [4.78, 5) is 12.0. The lowest BCUT2D eigenvalue weighted by molar-refractivity contribution is -0.116. The van der Waals surface area contributed by atoms with Crippen molar-refractivity contribution in [1.82, 2.24) is 0 Å². The van der Waals surface area contributed by atoms with Gasteiger partial charge in [-0.3, -0.25) is 4.79 Å². The molecular weight excluding hydrogens is 325 g/mol. The molecule has 1 atom stereocenters. The van der Waals surface area contributed by atoms with E-state index < -0.39 is 0 Å². The van der Waals surface area contributed by atoms with Gasteiger partial charge in [-0.15, -0.1) is 0 Å². The van der Waals surface area contributed by atoms with Crippen molar-refractivity contribution in [2.45, 2.75) is 12.3 Å². The van der Waals surface area contributed by atoms with E-state index in [0.717, 1.165) is 16.8 Å². The first-order valence-electron chi connectivity index (χ1n) is 6.80. The monoisotopic (exact) mass is 335 g/mol. The molecule has 1 amide bonds. The third-order valence-corrected chi connectivity index (χ3v) is 4.67. The molecule has 0 unspecified atom stereocenters. The van der Waals surface area contributed by atoms with Gasteiger partial charge in [-0.2, -0.15) is 0 Å². The molecule has 2 aromatic rings. The molecule has 0 radical (unpaired) electrons. The van der Waals surface area contributed by atoms with Crippen molar-refractivity contribution >= 4 is 34.8 Å². The number of nitrogens with one attached hydrogen (secondary N) is 1. The Hall–Kier alpha value is -1.91. The third-order valence-electron chi connectivity index (χ3n) is 3.93. The van der Waals surface area contributed by atoms with Crippen LogP contribution >= 0.6 is 23.2 Å². The molecule has 112 valence electrons. The summed E-state index contributed by atoms with van der Waals surface area (Å²) in [5.41, 5.74) is 2.68. The average Bonchev–Trinajstić information content (AvgIpc) is 2.94. The van der Waals surface area contributed by atoms with Crippen LogP contribution in [0.5, 0.6) is 11.5 Å². The van der Waals surface area contributed by atoms with Gasteiger partial charge in [-0.05, 0) is 29.3 Å². The van der Waals surface area contributed by atoms with Crippen LogP contribution in [0.25, 0.3) is 0 Å². The van der Waals surface area contributed by atoms with E-state index in [-0.39, 0.29) is 18.6 Å². The normalized spacial score (nSPS) is 18.8. The lowest BCUT2D eigenvalue weighted by Gasteiger charge is -2.26. The molecule has 2 aliphatic rings. The molecule has 2 heterocycles. The maximum absolute atomic E-state index is 12.0. The topological polar surface area (TPSA) is 47.6 Å². The Labute approximate surface area is 136 Å². The van der Waals surface area contributed by atoms with Crippen molar-refractivity contribution in [1.29, 1.82) is 0 Å². The Morgan fingerprint density at radius 3 is 2.59 bits per heavy atom. The third kappa shape index (κ3) is 2.19. The smallest absolute Gasteiger partial charge is 0.231 e. The number of halogens is 2. The van der Waals surface area contributed by atoms with Crippen LogP contribution in [0, 0.1) is 0 Å². The molecule has 6 heteroatoms. The molecule has 1 N–H and O–H groups in total. The quantitative estimate of drug-likeness (QED) is 0.849. The summed E-state index contributed by atoms with van der Waals surface area (Å²) in [6.07, 6.45) is 0.352. The molecule has 0 saturated carbocycles. The van der Waals surface area contributed by atoms with E-state index in [9.17, 15) is 4.79 Å². The number of benzene rings is 2. The second-order valence-corrected chi connectivity index (χ2v) is 6.09. The first-order chi connectivity index (χ1) is 10.6. The lowest BCUT2D eigenvalue weighted by atomic mass is 9.84. The van der Waals surface area contributed by atoms with E-state index in [0.29, 0.717) is 28.0 Å². The summed E-state index contributed by atoms with van der Waals surface area (Å²) >= 11 is 12.1. The minimum atomic E-state index is -0.0898. The summed E-state index contributed by atoms with van der Waals surface area (Å²) in [5, 5.41) is 3.86. The van der Waals surface area contributed by atoms with Gasteiger partial charge in [0.05, 0.1) is 10.0 Å². The molecular formula is C16H11Cl2NO3. The van der Waals surface area contributed by atoms with Crippen LogP contribution in [-0.4, -0.2) is 12.7 Å². The van der Waals surface area contributed by atoms with Crippen molar-refractivity contribution < 1.29 is 14.3 Å². The second-order valence-electron chi connectivity index (χ2n) is 5.27. The molecule has 2 aliphatic heterocycles. The van der Waals surface area contributed by atoms with E-state index in [1.165, 1.54) is 0 Å². The Morgan fingerprint density at radius 2 is 1.82 bits per heavy atom. The molecule has 0 spiro atoms. The van der Waals surface area contributed by atoms with Crippen molar-refractivity contribution in [2.24, 2.45) is 0 Å². The van der Waals surface area contributed by atoms with Crippen LogP contribution in [0.4, 0.5) is 5.69 Å². The van der Waals surface area contributed by atoms with Gasteiger partial charge in [-0.25, -0.2) is 0 Å². The van der Waals surface area contributed by atoms with E-state index >= 15 is 0 Å². The van der Waals surface area contributed by atoms with Gasteiger partial charge < -0.3 is 14.8 Å². The second kappa shape index (κ2) is 5.07. The largest absolute Gasteiger partial charge is 0.454 e. The predicted molar refractivity (Wildman–Crippen MR) is 84.1 cm³/mol. The van der Waals surface area contributed by atoms with E-state index in [2.05, 4.69) is 5.32 Å². The Bertz CT molecular complexity index is 791. The number of amides is 1. The number of carbonyl (C=O) groups is 1. The maximum atomic E-state index is 12.0. The van der Waals surface area contributed by atoms with Gasteiger partial charge in [0.15, 0.2) is 11.5 Å². The highest BCUT2D eigenvalue weighted by Gasteiger charge is 2.30. The van der Waals surface area contributed by atoms with Crippen molar-refractivity contribution in [3.05, 3.63) is 51.5 Å². The van der Waals surface area contributed by atoms with Crippen LogP contribution in [0.15, 0.2) is 30.3 Å². The van der Waals surface area contributed by atoms with Crippen LogP contribution in [-0.2, 0) is 4.79 Å². The summed E-state index contributed by atoms with van der Waals surface area (Å²) in [6.45, 7) is 0.198. The predicted octanol–water partition coefficient (Wildman–Crippen LogP) is 4.20. The number of ether oxygens (including phenoxy) is 2. The summed E-state index contributed by atoms with van der Waals surface area (Å²) in [6, 6.07) is 9.18. The molecule has 4 nitrogen and oxygen atoms in total. The van der Waals surface area contributed by atoms with Crippen molar-refractivity contribution in [2.75, 3.05) is 12.1 Å². The van der Waals surface area contributed by atoms with Gasteiger partial charge >= 0.3 is 0 Å². The molecule has 0 fully saturated rings. The Kier molecular flexibility index (Phi) is 3.17. The van der Waals surface area contributed by atoms with Gasteiger partial charge in [0.1, 0.15) is 0 Å². The molecule has 2 aromatic carbocycles. The highest BCUT2D eigenvalue weighted by molar-refractivity contribution is 6.42. The van der Waals surface area contributed by atoms with Crippen molar-refractivity contribution in [3.8, 4) is 11.5 Å². The fraction of sp³-hybridized carbons (Fsp3) is 0.188. The van der Waals surface area contributed by atoms with Crippen LogP contribution < -0.4 is 14.8 Å². The number of fused-ring (bicyclic) bond motifs is 2. The van der Waals surface area contributed by atoms with E-state index in [4.69, 9.17) is 32.7 Å². The summed E-state index contributed by atoms with van der Waals surface area (Å²) < 4.78 is 10.8. The molecule has 0 saturated heterocycles. The lowest BCUT2D eigenvalue weighted by Crippen LogP contribution is -2.23. The van der Waals surface area contributed by atoms with Gasteiger partial charge in [0.25, 0.3) is 0 Å². The van der Waals surface area contributed by atoms with E-state index in [1.54, 1.807) is 12.1 Å². The minimum Gasteiger partial charge on any atom is -0.454 e. The van der Waals surface area contributed by atoms with Crippen molar-refractivity contribution in [3.63, 3.8) is 0 Å². The fourth-order valence-corrected chi connectivity index (χ4v) is 3.18. The zero-order valence-corrected chi connectivity index (χ0v) is 12.9. The maximum Gasteiger partial charge on any atom is 0.231 e. The zero-order valence-electron chi connectivity index (χ0n) is 11.4. The standard InChI is InChI=1S/C16H11Cl2NO3/c17-11-2-1-8(3-12(11)18)9-5-16(20)19-13-6-15-14(4-10(9)13)21-7-22-15/h1-4,6,9H,5,7H2,(H,19,20)/t9-/m1/s1. The number of hydrogen-bond donors (Lipinski definition) is 1. The molecule has 0 bridgehead atoms. The van der Waals surface area contributed by atoms with Gasteiger partial charge in [0, 0.05) is 24.1 Å². The first kappa shape index (κ1) is 13.7. The molecule has 0 aromatic heterocycles. The van der Waals surface area contributed by atoms with Gasteiger partial charge in [0.2, 0.25) is 12.7 Å². The Balaban J connectivity index is 1.84. The Morgan fingerprint density at radius 1 is 1.05 bits per heavy atom. The van der Waals surface area contributed by atoms with Crippen LogP contribution in [0.1, 0.15) is 23.5 Å². The summed E-state index contributed by atoms with van der Waals surface area (Å²) in [7, 11) is 0. The zero-order chi connectivity index (χ0) is 15.3. The minimum absolute atomic E-state index is 0.0394. The van der Waals surface area contributed by atoms with Crippen LogP contribution in [0.2, 0.25) is 10.0 Å². The SMILES string of the molecule is O=C1C[C@H](c2ccc(Cl)c(Cl)c2)c2cc3c(cc2N1)OCO3. The number of hydrogen-bond acceptors (Lipinski definition) is 3. The average molecular weight is 336 g/mol. The van der Waals surface area contributed by atoms with Crippen LogP contribution in [0.3, 0.4) is 0 Å². The van der Waals surface area contributed by atoms with E-state index in [1.807, 2.05) is 18.2 Å².